The van der Waals surface area contributed by atoms with E-state index in [9.17, 15) is 4.39 Å². The summed E-state index contributed by atoms with van der Waals surface area (Å²) in [5.41, 5.74) is 0. The van der Waals surface area contributed by atoms with Crippen molar-refractivity contribution in [3.8, 4) is 0 Å². The summed E-state index contributed by atoms with van der Waals surface area (Å²) in [5, 5.41) is 0. The molecule has 0 aliphatic carbocycles. The van der Waals surface area contributed by atoms with Gasteiger partial charge in [0.2, 0.25) is 0 Å². The van der Waals surface area contributed by atoms with Crippen molar-refractivity contribution in [2.75, 3.05) is 26.8 Å². The second kappa shape index (κ2) is 3.91. The fourth-order valence-corrected chi connectivity index (χ4v) is 1.63. The third-order valence-corrected chi connectivity index (χ3v) is 2.23. The maximum atomic E-state index is 11.7. The number of hydrogen-bond donors (Lipinski definition) is 0. The van der Waals surface area contributed by atoms with E-state index >= 15 is 0 Å². The Balaban J connectivity index is 2.06. The molecule has 1 atom stereocenters. The summed E-state index contributed by atoms with van der Waals surface area (Å²) in [7, 11) is 2.13. The van der Waals surface area contributed by atoms with Crippen molar-refractivity contribution in [1.29, 1.82) is 0 Å². The summed E-state index contributed by atoms with van der Waals surface area (Å²) in [4.78, 5) is 2.32. The van der Waals surface area contributed by atoms with Crippen molar-refractivity contribution in [2.45, 2.75) is 19.3 Å². The summed E-state index contributed by atoms with van der Waals surface area (Å²) >= 11 is 0. The number of nitrogens with zero attached hydrogens (tertiary/aromatic N) is 1. The highest BCUT2D eigenvalue weighted by atomic mass is 19.1. The van der Waals surface area contributed by atoms with Gasteiger partial charge in [-0.25, -0.2) is 0 Å². The van der Waals surface area contributed by atoms with E-state index in [-0.39, 0.29) is 6.67 Å². The Hall–Kier alpha value is -0.110. The zero-order valence-corrected chi connectivity index (χ0v) is 6.65. The molecular formula is C8H16FN. The van der Waals surface area contributed by atoms with Gasteiger partial charge in [-0.15, -0.1) is 0 Å². The number of alkyl halides is 1. The molecule has 1 saturated heterocycles. The monoisotopic (exact) mass is 145 g/mol. The average Bonchev–Trinajstić information content (AvgIpc) is 2.31. The Morgan fingerprint density at radius 3 is 2.90 bits per heavy atom. The maximum absolute atomic E-state index is 11.7. The molecule has 0 aromatic carbocycles. The summed E-state index contributed by atoms with van der Waals surface area (Å²) < 4.78 is 11.7. The Bertz CT molecular complexity index is 95.3. The van der Waals surface area contributed by atoms with Crippen LogP contribution in [0.3, 0.4) is 0 Å². The largest absolute Gasteiger partial charge is 0.306 e. The first-order valence-corrected chi connectivity index (χ1v) is 4.07. The lowest BCUT2D eigenvalue weighted by Gasteiger charge is -2.07. The second-order valence-corrected chi connectivity index (χ2v) is 3.25. The molecule has 60 valence electrons. The lowest BCUT2D eigenvalue weighted by Crippen LogP contribution is -2.13. The molecule has 2 heteroatoms. The summed E-state index contributed by atoms with van der Waals surface area (Å²) in [5.74, 6) is 0.778. The molecule has 0 spiro atoms. The zero-order chi connectivity index (χ0) is 7.40. The van der Waals surface area contributed by atoms with Gasteiger partial charge in [-0.3, -0.25) is 4.39 Å². The van der Waals surface area contributed by atoms with Crippen molar-refractivity contribution >= 4 is 0 Å². The molecule has 1 fully saturated rings. The van der Waals surface area contributed by atoms with Crippen LogP contribution in [0.15, 0.2) is 0 Å². The van der Waals surface area contributed by atoms with Crippen molar-refractivity contribution in [1.82, 2.24) is 4.90 Å². The topological polar surface area (TPSA) is 3.24 Å². The molecule has 1 unspecified atom stereocenters. The molecule has 1 aliphatic heterocycles. The minimum atomic E-state index is -0.139. The van der Waals surface area contributed by atoms with E-state index in [1.807, 2.05) is 0 Å². The smallest absolute Gasteiger partial charge is 0.0894 e. The number of likely N-dealkylation sites (tertiary alicyclic amines) is 1. The highest BCUT2D eigenvalue weighted by Crippen LogP contribution is 2.19. The van der Waals surface area contributed by atoms with Gasteiger partial charge in [-0.2, -0.15) is 0 Å². The van der Waals surface area contributed by atoms with Crippen LogP contribution in [0.25, 0.3) is 0 Å². The summed E-state index contributed by atoms with van der Waals surface area (Å²) in [6.07, 6.45) is 3.12. The van der Waals surface area contributed by atoms with Crippen LogP contribution < -0.4 is 0 Å². The molecule has 0 aromatic rings. The van der Waals surface area contributed by atoms with Crippen molar-refractivity contribution < 1.29 is 4.39 Å². The molecule has 1 nitrogen and oxygen atoms in total. The standard InChI is InChI=1S/C8H16FN/c1-10-6-4-8(7-10)3-2-5-9/h8H,2-7H2,1H3. The van der Waals surface area contributed by atoms with E-state index in [2.05, 4.69) is 11.9 Å². The minimum absolute atomic E-state index is 0.139. The molecule has 1 rings (SSSR count). The van der Waals surface area contributed by atoms with Gasteiger partial charge in [0.1, 0.15) is 0 Å². The fraction of sp³-hybridized carbons (Fsp3) is 1.00. The first kappa shape index (κ1) is 7.99. The van der Waals surface area contributed by atoms with E-state index in [0.717, 1.165) is 18.8 Å². The highest BCUT2D eigenvalue weighted by Gasteiger charge is 2.18. The predicted molar refractivity (Wildman–Crippen MR) is 40.8 cm³/mol. The number of halogens is 1. The van der Waals surface area contributed by atoms with Gasteiger partial charge < -0.3 is 4.90 Å². The third-order valence-electron chi connectivity index (χ3n) is 2.23. The van der Waals surface area contributed by atoms with Crippen molar-refractivity contribution in [3.63, 3.8) is 0 Å². The Labute approximate surface area is 62.2 Å². The summed E-state index contributed by atoms with van der Waals surface area (Å²) in [6, 6.07) is 0. The minimum Gasteiger partial charge on any atom is -0.306 e. The molecular weight excluding hydrogens is 129 g/mol. The summed E-state index contributed by atoms with van der Waals surface area (Å²) in [6.45, 7) is 2.25. The van der Waals surface area contributed by atoms with Gasteiger partial charge in [0, 0.05) is 6.54 Å². The molecule has 0 aromatic heterocycles. The first-order valence-electron chi connectivity index (χ1n) is 4.07. The molecule has 0 N–H and O–H groups in total. The van der Waals surface area contributed by atoms with Crippen LogP contribution in [0, 0.1) is 5.92 Å². The molecule has 0 radical (unpaired) electrons. The van der Waals surface area contributed by atoms with Gasteiger partial charge >= 0.3 is 0 Å². The molecule has 0 bridgehead atoms. The van der Waals surface area contributed by atoms with Crippen molar-refractivity contribution in [2.24, 2.45) is 5.92 Å². The SMILES string of the molecule is CN1CCC(CCCF)C1. The van der Waals surface area contributed by atoms with Crippen LogP contribution in [-0.2, 0) is 0 Å². The highest BCUT2D eigenvalue weighted by molar-refractivity contribution is 4.72. The van der Waals surface area contributed by atoms with E-state index in [1.165, 1.54) is 19.5 Å². The van der Waals surface area contributed by atoms with Crippen LogP contribution in [-0.4, -0.2) is 31.7 Å². The Kier molecular flexibility index (Phi) is 3.13. The third kappa shape index (κ3) is 2.25. The van der Waals surface area contributed by atoms with Gasteiger partial charge in [0.15, 0.2) is 0 Å². The molecule has 0 saturated carbocycles. The molecule has 1 heterocycles. The van der Waals surface area contributed by atoms with Crippen LogP contribution >= 0.6 is 0 Å². The molecule has 0 amide bonds. The van der Waals surface area contributed by atoms with Crippen LogP contribution in [0.2, 0.25) is 0 Å². The van der Waals surface area contributed by atoms with Gasteiger partial charge in [0.05, 0.1) is 6.67 Å². The molecule has 1 aliphatic rings. The van der Waals surface area contributed by atoms with Crippen LogP contribution in [0.4, 0.5) is 4.39 Å². The number of rotatable bonds is 3. The Morgan fingerprint density at radius 1 is 1.60 bits per heavy atom. The molecule has 10 heavy (non-hydrogen) atoms. The van der Waals surface area contributed by atoms with E-state index < -0.39 is 0 Å². The maximum Gasteiger partial charge on any atom is 0.0894 e. The zero-order valence-electron chi connectivity index (χ0n) is 6.65. The Morgan fingerprint density at radius 2 is 2.40 bits per heavy atom. The van der Waals surface area contributed by atoms with E-state index in [4.69, 9.17) is 0 Å². The lowest BCUT2D eigenvalue weighted by molar-refractivity contribution is 0.369. The quantitative estimate of drug-likeness (QED) is 0.584. The van der Waals surface area contributed by atoms with Gasteiger partial charge in [0.25, 0.3) is 0 Å². The normalized spacial score (nSPS) is 27.6. The first-order chi connectivity index (χ1) is 4.83. The van der Waals surface area contributed by atoms with E-state index in [0.29, 0.717) is 0 Å². The second-order valence-electron chi connectivity index (χ2n) is 3.25. The van der Waals surface area contributed by atoms with E-state index in [1.54, 1.807) is 0 Å². The van der Waals surface area contributed by atoms with Gasteiger partial charge in [-0.1, -0.05) is 0 Å². The van der Waals surface area contributed by atoms with Gasteiger partial charge in [-0.05, 0) is 38.8 Å². The predicted octanol–water partition coefficient (Wildman–Crippen LogP) is 1.69. The van der Waals surface area contributed by atoms with Crippen LogP contribution in [0.5, 0.6) is 0 Å². The lowest BCUT2D eigenvalue weighted by atomic mass is 10.0. The average molecular weight is 145 g/mol. The fourth-order valence-electron chi connectivity index (χ4n) is 1.63. The van der Waals surface area contributed by atoms with Crippen molar-refractivity contribution in [3.05, 3.63) is 0 Å². The number of hydrogen-bond acceptors (Lipinski definition) is 1. The van der Waals surface area contributed by atoms with Crippen LogP contribution in [0.1, 0.15) is 19.3 Å².